The molecule has 19 heavy (non-hydrogen) atoms. The van der Waals surface area contributed by atoms with Crippen LogP contribution in [0.4, 0.5) is 10.1 Å². The first-order chi connectivity index (χ1) is 9.26. The summed E-state index contributed by atoms with van der Waals surface area (Å²) in [6.45, 7) is 0.614. The second-order valence-corrected chi connectivity index (χ2v) is 4.40. The number of hydrogen-bond acceptors (Lipinski definition) is 3. The van der Waals surface area contributed by atoms with Gasteiger partial charge in [0.25, 0.3) is 0 Å². The van der Waals surface area contributed by atoms with E-state index in [-0.39, 0.29) is 11.9 Å². The summed E-state index contributed by atoms with van der Waals surface area (Å²) in [5.41, 5.74) is 1.76. The molecule has 0 aliphatic carbocycles. The minimum atomic E-state index is -0.266. The van der Waals surface area contributed by atoms with Gasteiger partial charge in [-0.2, -0.15) is 0 Å². The molecule has 3 nitrogen and oxygen atoms in total. The number of fused-ring (bicyclic) bond motifs is 1. The molecule has 3 rings (SSSR count). The molecule has 1 heterocycles. The monoisotopic (exact) mass is 259 g/mol. The molecule has 0 spiro atoms. The zero-order chi connectivity index (χ0) is 13.2. The van der Waals surface area contributed by atoms with Crippen LogP contribution in [0.25, 0.3) is 0 Å². The summed E-state index contributed by atoms with van der Waals surface area (Å²) in [4.78, 5) is 0. The summed E-state index contributed by atoms with van der Waals surface area (Å²) in [5, 5.41) is 3.18. The first kappa shape index (κ1) is 11.8. The molecule has 1 aliphatic rings. The third-order valence-corrected chi connectivity index (χ3v) is 3.18. The number of methoxy groups -OCH3 is 1. The second kappa shape index (κ2) is 4.80. The summed E-state index contributed by atoms with van der Waals surface area (Å²) >= 11 is 0. The SMILES string of the molecule is COc1ccc(C2CNc3cc(F)ccc3O2)cc1. The highest BCUT2D eigenvalue weighted by Crippen LogP contribution is 2.34. The van der Waals surface area contributed by atoms with Crippen LogP contribution in [0.3, 0.4) is 0 Å². The molecule has 0 saturated heterocycles. The van der Waals surface area contributed by atoms with Gasteiger partial charge >= 0.3 is 0 Å². The van der Waals surface area contributed by atoms with Crippen molar-refractivity contribution in [3.8, 4) is 11.5 Å². The number of halogens is 1. The van der Waals surface area contributed by atoms with Crippen molar-refractivity contribution < 1.29 is 13.9 Å². The Labute approximate surface area is 111 Å². The Hall–Kier alpha value is -2.23. The number of rotatable bonds is 2. The molecule has 1 aliphatic heterocycles. The van der Waals surface area contributed by atoms with Gasteiger partial charge in [0, 0.05) is 6.07 Å². The van der Waals surface area contributed by atoms with Crippen LogP contribution < -0.4 is 14.8 Å². The number of anilines is 1. The molecule has 0 radical (unpaired) electrons. The van der Waals surface area contributed by atoms with E-state index in [1.807, 2.05) is 24.3 Å². The quantitative estimate of drug-likeness (QED) is 0.896. The van der Waals surface area contributed by atoms with E-state index in [1.54, 1.807) is 13.2 Å². The Morgan fingerprint density at radius 2 is 2.00 bits per heavy atom. The van der Waals surface area contributed by atoms with Crippen LogP contribution in [0.15, 0.2) is 42.5 Å². The van der Waals surface area contributed by atoms with Crippen molar-refractivity contribution in [2.45, 2.75) is 6.10 Å². The first-order valence-corrected chi connectivity index (χ1v) is 6.10. The molecule has 0 saturated carbocycles. The van der Waals surface area contributed by atoms with Crippen LogP contribution in [0.2, 0.25) is 0 Å². The van der Waals surface area contributed by atoms with E-state index in [9.17, 15) is 4.39 Å². The standard InChI is InChI=1S/C15H14FNO2/c1-18-12-5-2-10(3-6-12)15-9-17-13-8-11(16)4-7-14(13)19-15/h2-8,15,17H,9H2,1H3. The lowest BCUT2D eigenvalue weighted by atomic mass is 10.1. The average molecular weight is 259 g/mol. The number of hydrogen-bond donors (Lipinski definition) is 1. The fraction of sp³-hybridized carbons (Fsp3) is 0.200. The van der Waals surface area contributed by atoms with Crippen LogP contribution in [-0.4, -0.2) is 13.7 Å². The van der Waals surface area contributed by atoms with Crippen molar-refractivity contribution in [3.63, 3.8) is 0 Å². The maximum Gasteiger partial charge on any atom is 0.143 e. The largest absolute Gasteiger partial charge is 0.497 e. The van der Waals surface area contributed by atoms with Gasteiger partial charge in [-0.25, -0.2) is 4.39 Å². The van der Waals surface area contributed by atoms with Crippen molar-refractivity contribution >= 4 is 5.69 Å². The smallest absolute Gasteiger partial charge is 0.143 e. The molecule has 2 aromatic carbocycles. The van der Waals surface area contributed by atoms with Crippen molar-refractivity contribution in [3.05, 3.63) is 53.8 Å². The van der Waals surface area contributed by atoms with E-state index < -0.39 is 0 Å². The molecule has 0 bridgehead atoms. The van der Waals surface area contributed by atoms with Gasteiger partial charge in [-0.3, -0.25) is 0 Å². The highest BCUT2D eigenvalue weighted by molar-refractivity contribution is 5.58. The number of nitrogens with one attached hydrogen (secondary N) is 1. The predicted molar refractivity (Wildman–Crippen MR) is 71.3 cm³/mol. The van der Waals surface area contributed by atoms with Gasteiger partial charge in [0.2, 0.25) is 0 Å². The molecule has 1 unspecified atom stereocenters. The fourth-order valence-corrected chi connectivity index (χ4v) is 2.15. The Kier molecular flexibility index (Phi) is 2.99. The van der Waals surface area contributed by atoms with Gasteiger partial charge in [0.15, 0.2) is 0 Å². The molecular weight excluding hydrogens is 245 g/mol. The molecule has 4 heteroatoms. The van der Waals surface area contributed by atoms with E-state index in [0.717, 1.165) is 11.3 Å². The lowest BCUT2D eigenvalue weighted by molar-refractivity contribution is 0.210. The van der Waals surface area contributed by atoms with E-state index in [4.69, 9.17) is 9.47 Å². The molecule has 2 aromatic rings. The molecule has 0 amide bonds. The summed E-state index contributed by atoms with van der Waals surface area (Å²) in [6.07, 6.45) is -0.0798. The maximum atomic E-state index is 13.1. The Bertz CT molecular complexity index is 583. The highest BCUT2D eigenvalue weighted by Gasteiger charge is 2.21. The Morgan fingerprint density at radius 1 is 1.21 bits per heavy atom. The molecule has 0 aromatic heterocycles. The molecule has 98 valence electrons. The predicted octanol–water partition coefficient (Wildman–Crippen LogP) is 3.38. The van der Waals surface area contributed by atoms with E-state index in [1.165, 1.54) is 12.1 Å². The van der Waals surface area contributed by atoms with Gasteiger partial charge < -0.3 is 14.8 Å². The Balaban J connectivity index is 1.82. The summed E-state index contributed by atoms with van der Waals surface area (Å²) in [7, 11) is 1.64. The van der Waals surface area contributed by atoms with Crippen molar-refractivity contribution in [2.75, 3.05) is 19.0 Å². The molecule has 0 fully saturated rings. The van der Waals surface area contributed by atoms with Gasteiger partial charge in [0.1, 0.15) is 23.4 Å². The average Bonchev–Trinajstić information content (AvgIpc) is 2.47. The van der Waals surface area contributed by atoms with Crippen LogP contribution in [-0.2, 0) is 0 Å². The molecular formula is C15H14FNO2. The van der Waals surface area contributed by atoms with Gasteiger partial charge in [0.05, 0.1) is 19.3 Å². The summed E-state index contributed by atoms with van der Waals surface area (Å²) in [6, 6.07) is 12.2. The maximum absolute atomic E-state index is 13.1. The van der Waals surface area contributed by atoms with E-state index in [2.05, 4.69) is 5.32 Å². The van der Waals surface area contributed by atoms with Crippen molar-refractivity contribution in [2.24, 2.45) is 0 Å². The van der Waals surface area contributed by atoms with Gasteiger partial charge in [-0.1, -0.05) is 12.1 Å². The lowest BCUT2D eigenvalue weighted by Crippen LogP contribution is -2.23. The van der Waals surface area contributed by atoms with Crippen LogP contribution in [0.1, 0.15) is 11.7 Å². The molecule has 1 atom stereocenters. The topological polar surface area (TPSA) is 30.5 Å². The highest BCUT2D eigenvalue weighted by atomic mass is 19.1. The zero-order valence-electron chi connectivity index (χ0n) is 10.5. The third-order valence-electron chi connectivity index (χ3n) is 3.18. The lowest BCUT2D eigenvalue weighted by Gasteiger charge is -2.27. The number of ether oxygens (including phenoxy) is 2. The van der Waals surface area contributed by atoms with Crippen LogP contribution >= 0.6 is 0 Å². The second-order valence-electron chi connectivity index (χ2n) is 4.40. The molecule has 1 N–H and O–H groups in total. The fourth-order valence-electron chi connectivity index (χ4n) is 2.15. The van der Waals surface area contributed by atoms with Crippen LogP contribution in [0, 0.1) is 5.82 Å². The number of benzene rings is 2. The van der Waals surface area contributed by atoms with E-state index >= 15 is 0 Å². The van der Waals surface area contributed by atoms with Crippen molar-refractivity contribution in [1.82, 2.24) is 0 Å². The van der Waals surface area contributed by atoms with Gasteiger partial charge in [-0.15, -0.1) is 0 Å². The first-order valence-electron chi connectivity index (χ1n) is 6.10. The van der Waals surface area contributed by atoms with Gasteiger partial charge in [-0.05, 0) is 29.8 Å². The van der Waals surface area contributed by atoms with Crippen LogP contribution in [0.5, 0.6) is 11.5 Å². The van der Waals surface area contributed by atoms with E-state index in [0.29, 0.717) is 18.0 Å². The zero-order valence-corrected chi connectivity index (χ0v) is 10.5. The van der Waals surface area contributed by atoms with Crippen molar-refractivity contribution in [1.29, 1.82) is 0 Å². The third kappa shape index (κ3) is 2.34. The summed E-state index contributed by atoms with van der Waals surface area (Å²) < 4.78 is 24.1. The minimum Gasteiger partial charge on any atom is -0.497 e. The normalized spacial score (nSPS) is 17.1. The minimum absolute atomic E-state index is 0.0798. The summed E-state index contributed by atoms with van der Waals surface area (Å²) in [5.74, 6) is 1.22. The Morgan fingerprint density at radius 3 is 2.74 bits per heavy atom.